The van der Waals surface area contributed by atoms with Crippen molar-refractivity contribution in [1.29, 1.82) is 0 Å². The standard InChI is InChI=1S/C21H31N3O2.ClH/c1-15-8-5-6-9-18(15)21-19-14-23(20(26)10-4-3-7-11-22)12-17(19)13-24(21)16(2)25;/h5-6,8-9,17,19,21H,3-4,7,10-14,22H2,1-2H3;1H/t17-,19-,21-;/m1./s1. The molecule has 2 amide bonds. The van der Waals surface area contributed by atoms with E-state index in [1.165, 1.54) is 11.1 Å². The number of rotatable bonds is 6. The van der Waals surface area contributed by atoms with Crippen LogP contribution in [0.15, 0.2) is 24.3 Å². The summed E-state index contributed by atoms with van der Waals surface area (Å²) in [4.78, 5) is 28.8. The van der Waals surface area contributed by atoms with Gasteiger partial charge < -0.3 is 15.5 Å². The molecule has 6 heteroatoms. The molecule has 0 spiro atoms. The molecule has 3 atom stereocenters. The van der Waals surface area contributed by atoms with Crippen molar-refractivity contribution in [3.8, 4) is 0 Å². The molecule has 2 saturated heterocycles. The van der Waals surface area contributed by atoms with Crippen molar-refractivity contribution < 1.29 is 9.59 Å². The van der Waals surface area contributed by atoms with Crippen LogP contribution in [0.3, 0.4) is 0 Å². The maximum atomic E-state index is 12.6. The van der Waals surface area contributed by atoms with Crippen LogP contribution >= 0.6 is 12.4 Å². The lowest BCUT2D eigenvalue weighted by Gasteiger charge is -2.30. The van der Waals surface area contributed by atoms with Crippen molar-refractivity contribution in [3.05, 3.63) is 35.4 Å². The number of hydrogen-bond acceptors (Lipinski definition) is 3. The third-order valence-electron chi connectivity index (χ3n) is 6.02. The molecule has 2 N–H and O–H groups in total. The number of halogens is 1. The Morgan fingerprint density at radius 2 is 1.85 bits per heavy atom. The number of nitrogens with zero attached hydrogens (tertiary/aromatic N) is 2. The van der Waals surface area contributed by atoms with Gasteiger partial charge in [0.05, 0.1) is 6.04 Å². The Kier molecular flexibility index (Phi) is 7.68. The first-order chi connectivity index (χ1) is 12.5. The summed E-state index contributed by atoms with van der Waals surface area (Å²) in [5, 5.41) is 0. The first kappa shape index (κ1) is 21.7. The topological polar surface area (TPSA) is 66.6 Å². The summed E-state index contributed by atoms with van der Waals surface area (Å²) >= 11 is 0. The molecule has 2 fully saturated rings. The molecule has 0 unspecified atom stereocenters. The number of aryl methyl sites for hydroxylation is 1. The van der Waals surface area contributed by atoms with Crippen molar-refractivity contribution in [3.63, 3.8) is 0 Å². The predicted molar refractivity (Wildman–Crippen MR) is 110 cm³/mol. The van der Waals surface area contributed by atoms with Crippen LogP contribution in [0.1, 0.15) is 49.8 Å². The monoisotopic (exact) mass is 393 g/mol. The Balaban J connectivity index is 0.00000261. The average Bonchev–Trinajstić information content (AvgIpc) is 3.17. The van der Waals surface area contributed by atoms with Crippen LogP contribution in [0, 0.1) is 18.8 Å². The number of benzene rings is 1. The van der Waals surface area contributed by atoms with Gasteiger partial charge in [-0.25, -0.2) is 0 Å². The molecule has 5 nitrogen and oxygen atoms in total. The van der Waals surface area contributed by atoms with E-state index in [4.69, 9.17) is 5.73 Å². The number of nitrogens with two attached hydrogens (primary N) is 1. The molecule has 1 aromatic carbocycles. The number of fused-ring (bicyclic) bond motifs is 1. The number of amides is 2. The molecule has 0 aromatic heterocycles. The summed E-state index contributed by atoms with van der Waals surface area (Å²) < 4.78 is 0. The van der Waals surface area contributed by atoms with Gasteiger partial charge in [-0.05, 0) is 37.4 Å². The molecule has 1 aromatic rings. The van der Waals surface area contributed by atoms with E-state index in [-0.39, 0.29) is 30.3 Å². The van der Waals surface area contributed by atoms with E-state index in [0.29, 0.717) is 24.8 Å². The number of carbonyl (C=O) groups excluding carboxylic acids is 2. The summed E-state index contributed by atoms with van der Waals surface area (Å²) in [6, 6.07) is 8.42. The zero-order chi connectivity index (χ0) is 18.7. The van der Waals surface area contributed by atoms with Crippen molar-refractivity contribution in [2.45, 2.75) is 45.6 Å². The van der Waals surface area contributed by atoms with Crippen molar-refractivity contribution in [2.24, 2.45) is 17.6 Å². The summed E-state index contributed by atoms with van der Waals surface area (Å²) in [5.41, 5.74) is 7.97. The first-order valence-electron chi connectivity index (χ1n) is 9.83. The lowest BCUT2D eigenvalue weighted by molar-refractivity contribution is -0.131. The lowest BCUT2D eigenvalue weighted by atomic mass is 9.87. The lowest BCUT2D eigenvalue weighted by Crippen LogP contribution is -2.36. The van der Waals surface area contributed by atoms with Crippen LogP contribution in [0.4, 0.5) is 0 Å². The number of hydrogen-bond donors (Lipinski definition) is 1. The Bertz CT molecular complexity index is 667. The summed E-state index contributed by atoms with van der Waals surface area (Å²) in [6.07, 6.45) is 3.54. The summed E-state index contributed by atoms with van der Waals surface area (Å²) in [5.74, 6) is 1.12. The van der Waals surface area contributed by atoms with Crippen LogP contribution in [0.25, 0.3) is 0 Å². The fourth-order valence-electron chi connectivity index (χ4n) is 4.65. The Labute approximate surface area is 168 Å². The molecular formula is C21H32ClN3O2. The van der Waals surface area contributed by atoms with E-state index >= 15 is 0 Å². The van der Waals surface area contributed by atoms with E-state index in [2.05, 4.69) is 19.1 Å². The smallest absolute Gasteiger partial charge is 0.222 e. The fraction of sp³-hybridized carbons (Fsp3) is 0.619. The van der Waals surface area contributed by atoms with Crippen molar-refractivity contribution >= 4 is 24.2 Å². The third-order valence-corrected chi connectivity index (χ3v) is 6.02. The van der Waals surface area contributed by atoms with Gasteiger partial charge in [0.2, 0.25) is 11.8 Å². The quantitative estimate of drug-likeness (QED) is 0.755. The molecular weight excluding hydrogens is 362 g/mol. The van der Waals surface area contributed by atoms with Gasteiger partial charge in [0.15, 0.2) is 0 Å². The van der Waals surface area contributed by atoms with Gasteiger partial charge in [0, 0.05) is 44.8 Å². The second-order valence-corrected chi connectivity index (χ2v) is 7.79. The van der Waals surface area contributed by atoms with E-state index < -0.39 is 0 Å². The SMILES string of the molecule is CC(=O)N1C[C@H]2CN(C(=O)CCCCCN)C[C@H]2[C@H]1c1ccccc1C.Cl. The predicted octanol–water partition coefficient (Wildman–Crippen LogP) is 2.91. The largest absolute Gasteiger partial charge is 0.342 e. The van der Waals surface area contributed by atoms with Gasteiger partial charge in [0.1, 0.15) is 0 Å². The van der Waals surface area contributed by atoms with Crippen LogP contribution in [0.5, 0.6) is 0 Å². The molecule has 0 saturated carbocycles. The molecule has 2 aliphatic rings. The van der Waals surface area contributed by atoms with Crippen molar-refractivity contribution in [2.75, 3.05) is 26.2 Å². The second kappa shape index (κ2) is 9.56. The molecule has 0 aliphatic carbocycles. The van der Waals surface area contributed by atoms with E-state index in [1.807, 2.05) is 21.9 Å². The van der Waals surface area contributed by atoms with E-state index in [0.717, 1.165) is 38.9 Å². The highest BCUT2D eigenvalue weighted by atomic mass is 35.5. The highest BCUT2D eigenvalue weighted by Gasteiger charge is 2.49. The van der Waals surface area contributed by atoms with Gasteiger partial charge >= 0.3 is 0 Å². The van der Waals surface area contributed by atoms with Crippen LogP contribution in [0.2, 0.25) is 0 Å². The van der Waals surface area contributed by atoms with Crippen molar-refractivity contribution in [1.82, 2.24) is 9.80 Å². The molecule has 2 aliphatic heterocycles. The molecule has 150 valence electrons. The van der Waals surface area contributed by atoms with Crippen LogP contribution in [-0.2, 0) is 9.59 Å². The Morgan fingerprint density at radius 3 is 2.52 bits per heavy atom. The first-order valence-corrected chi connectivity index (χ1v) is 9.83. The minimum Gasteiger partial charge on any atom is -0.342 e. The minimum absolute atomic E-state index is 0. The van der Waals surface area contributed by atoms with Crippen LogP contribution in [-0.4, -0.2) is 47.8 Å². The van der Waals surface area contributed by atoms with E-state index in [9.17, 15) is 9.59 Å². The summed E-state index contributed by atoms with van der Waals surface area (Å²) in [7, 11) is 0. The van der Waals surface area contributed by atoms with Gasteiger partial charge in [-0.2, -0.15) is 0 Å². The molecule has 2 heterocycles. The van der Waals surface area contributed by atoms with Gasteiger partial charge in [-0.3, -0.25) is 9.59 Å². The van der Waals surface area contributed by atoms with E-state index in [1.54, 1.807) is 6.92 Å². The minimum atomic E-state index is 0. The normalized spacial score (nSPS) is 23.9. The number of likely N-dealkylation sites (tertiary alicyclic amines) is 2. The number of carbonyl (C=O) groups is 2. The van der Waals surface area contributed by atoms with Gasteiger partial charge in [0.25, 0.3) is 0 Å². The Hall–Kier alpha value is -1.59. The third kappa shape index (κ3) is 4.64. The fourth-order valence-corrected chi connectivity index (χ4v) is 4.65. The molecule has 3 rings (SSSR count). The van der Waals surface area contributed by atoms with Crippen LogP contribution < -0.4 is 5.73 Å². The second-order valence-electron chi connectivity index (χ2n) is 7.79. The zero-order valence-electron chi connectivity index (χ0n) is 16.4. The maximum absolute atomic E-state index is 12.6. The summed E-state index contributed by atoms with van der Waals surface area (Å²) in [6.45, 7) is 6.77. The molecule has 27 heavy (non-hydrogen) atoms. The highest BCUT2D eigenvalue weighted by molar-refractivity contribution is 5.85. The zero-order valence-corrected chi connectivity index (χ0v) is 17.2. The number of unbranched alkanes of at least 4 members (excludes halogenated alkanes) is 2. The molecule has 0 bridgehead atoms. The average molecular weight is 394 g/mol. The highest BCUT2D eigenvalue weighted by Crippen LogP contribution is 2.45. The maximum Gasteiger partial charge on any atom is 0.222 e. The van der Waals surface area contributed by atoms with Gasteiger partial charge in [-0.15, -0.1) is 12.4 Å². The molecule has 0 radical (unpaired) electrons. The Morgan fingerprint density at radius 1 is 1.11 bits per heavy atom. The van der Waals surface area contributed by atoms with Gasteiger partial charge in [-0.1, -0.05) is 30.7 Å².